The molecule has 1 heterocycles. The predicted molar refractivity (Wildman–Crippen MR) is 64.2 cm³/mol. The van der Waals surface area contributed by atoms with Crippen molar-refractivity contribution in [2.45, 2.75) is 32.2 Å². The third-order valence-corrected chi connectivity index (χ3v) is 3.33. The molecule has 2 atom stereocenters. The zero-order valence-corrected chi connectivity index (χ0v) is 10.6. The molecule has 0 aromatic heterocycles. The van der Waals surface area contributed by atoms with Gasteiger partial charge in [-0.05, 0) is 26.9 Å². The van der Waals surface area contributed by atoms with Crippen molar-refractivity contribution in [3.63, 3.8) is 0 Å². The molecule has 1 saturated heterocycles. The monoisotopic (exact) mass is 228 g/mol. The van der Waals surface area contributed by atoms with Crippen molar-refractivity contribution in [3.05, 3.63) is 0 Å². The summed E-state index contributed by atoms with van der Waals surface area (Å²) >= 11 is 0. The molecule has 1 N–H and O–H groups in total. The van der Waals surface area contributed by atoms with Crippen molar-refractivity contribution in [1.82, 2.24) is 9.80 Å². The van der Waals surface area contributed by atoms with Gasteiger partial charge in [0.05, 0.1) is 6.04 Å². The minimum Gasteiger partial charge on any atom is -0.396 e. The maximum Gasteiger partial charge on any atom is 0.239 e. The number of carbonyl (C=O) groups is 1. The van der Waals surface area contributed by atoms with Crippen LogP contribution in [0.5, 0.6) is 0 Å². The fourth-order valence-electron chi connectivity index (χ4n) is 2.27. The van der Waals surface area contributed by atoms with Gasteiger partial charge >= 0.3 is 0 Å². The largest absolute Gasteiger partial charge is 0.396 e. The topological polar surface area (TPSA) is 43.8 Å². The van der Waals surface area contributed by atoms with E-state index in [0.717, 1.165) is 32.4 Å². The van der Waals surface area contributed by atoms with Crippen LogP contribution in [0, 0.1) is 5.92 Å². The molecular weight excluding hydrogens is 204 g/mol. The lowest BCUT2D eigenvalue weighted by Crippen LogP contribution is -2.45. The summed E-state index contributed by atoms with van der Waals surface area (Å²) in [6.07, 6.45) is 2.87. The molecule has 1 amide bonds. The molecule has 0 radical (unpaired) electrons. The highest BCUT2D eigenvalue weighted by Crippen LogP contribution is 2.18. The Bertz CT molecular complexity index is 231. The maximum atomic E-state index is 12.2. The van der Waals surface area contributed by atoms with Gasteiger partial charge in [0.2, 0.25) is 5.91 Å². The van der Waals surface area contributed by atoms with E-state index in [4.69, 9.17) is 5.11 Å². The van der Waals surface area contributed by atoms with Crippen LogP contribution in [0.1, 0.15) is 26.2 Å². The minimum atomic E-state index is 0.00226. The van der Waals surface area contributed by atoms with Gasteiger partial charge in [0, 0.05) is 25.6 Å². The summed E-state index contributed by atoms with van der Waals surface area (Å²) in [4.78, 5) is 16.1. The van der Waals surface area contributed by atoms with Crippen LogP contribution >= 0.6 is 0 Å². The molecule has 4 heteroatoms. The number of rotatable bonds is 5. The number of aliphatic hydroxyl groups excluding tert-OH is 1. The predicted octanol–water partition coefficient (Wildman–Crippen LogP) is 0.557. The van der Waals surface area contributed by atoms with Crippen LogP contribution < -0.4 is 0 Å². The number of hydrogen-bond acceptors (Lipinski definition) is 3. The first-order valence-electron chi connectivity index (χ1n) is 6.16. The fourth-order valence-corrected chi connectivity index (χ4v) is 2.27. The molecule has 0 aromatic rings. The van der Waals surface area contributed by atoms with Crippen LogP contribution in [0.25, 0.3) is 0 Å². The van der Waals surface area contributed by atoms with Crippen LogP contribution in [-0.4, -0.2) is 60.6 Å². The van der Waals surface area contributed by atoms with E-state index < -0.39 is 0 Å². The SMILES string of the molecule is CCCC(C(=O)N1CCC(CO)C1)N(C)C. The molecule has 94 valence electrons. The van der Waals surface area contributed by atoms with Crippen molar-refractivity contribution >= 4 is 5.91 Å². The Kier molecular flexibility index (Phi) is 5.22. The molecule has 0 saturated carbocycles. The van der Waals surface area contributed by atoms with Crippen LogP contribution in [0.3, 0.4) is 0 Å². The smallest absolute Gasteiger partial charge is 0.239 e. The van der Waals surface area contributed by atoms with Crippen molar-refractivity contribution in [1.29, 1.82) is 0 Å². The van der Waals surface area contributed by atoms with Crippen LogP contribution in [0.2, 0.25) is 0 Å². The zero-order chi connectivity index (χ0) is 12.1. The van der Waals surface area contributed by atoms with Gasteiger partial charge in [0.15, 0.2) is 0 Å². The number of carbonyl (C=O) groups excluding carboxylic acids is 1. The van der Waals surface area contributed by atoms with Gasteiger partial charge in [0.25, 0.3) is 0 Å². The van der Waals surface area contributed by atoms with Gasteiger partial charge in [0.1, 0.15) is 0 Å². The Morgan fingerprint density at radius 1 is 1.56 bits per heavy atom. The number of nitrogens with zero attached hydrogens (tertiary/aromatic N) is 2. The van der Waals surface area contributed by atoms with Crippen molar-refractivity contribution in [2.75, 3.05) is 33.8 Å². The lowest BCUT2D eigenvalue weighted by molar-refractivity contribution is -0.135. The summed E-state index contributed by atoms with van der Waals surface area (Å²) in [5, 5.41) is 9.07. The molecule has 0 aromatic carbocycles. The summed E-state index contributed by atoms with van der Waals surface area (Å²) in [6, 6.07) is 0.00226. The van der Waals surface area contributed by atoms with E-state index in [2.05, 4.69) is 6.92 Å². The summed E-state index contributed by atoms with van der Waals surface area (Å²) in [7, 11) is 3.91. The summed E-state index contributed by atoms with van der Waals surface area (Å²) in [6.45, 7) is 3.83. The zero-order valence-electron chi connectivity index (χ0n) is 10.6. The molecule has 1 fully saturated rings. The van der Waals surface area contributed by atoms with Crippen LogP contribution in [0.15, 0.2) is 0 Å². The summed E-state index contributed by atoms with van der Waals surface area (Å²) < 4.78 is 0. The van der Waals surface area contributed by atoms with Crippen molar-refractivity contribution in [3.8, 4) is 0 Å². The maximum absolute atomic E-state index is 12.2. The minimum absolute atomic E-state index is 0.00226. The van der Waals surface area contributed by atoms with Crippen LogP contribution in [-0.2, 0) is 4.79 Å². The Morgan fingerprint density at radius 2 is 2.25 bits per heavy atom. The number of hydrogen-bond donors (Lipinski definition) is 1. The first-order valence-corrected chi connectivity index (χ1v) is 6.16. The van der Waals surface area contributed by atoms with Gasteiger partial charge in [-0.15, -0.1) is 0 Å². The normalized spacial score (nSPS) is 22.8. The molecule has 0 spiro atoms. The molecular formula is C12H24N2O2. The molecule has 1 aliphatic rings. The number of amides is 1. The third kappa shape index (κ3) is 3.19. The molecule has 0 bridgehead atoms. The highest BCUT2D eigenvalue weighted by molar-refractivity contribution is 5.82. The average Bonchev–Trinajstić information content (AvgIpc) is 2.73. The lowest BCUT2D eigenvalue weighted by Gasteiger charge is -2.28. The quantitative estimate of drug-likeness (QED) is 0.747. The first-order chi connectivity index (χ1) is 7.60. The van der Waals surface area contributed by atoms with Crippen molar-refractivity contribution < 1.29 is 9.90 Å². The van der Waals surface area contributed by atoms with Crippen molar-refractivity contribution in [2.24, 2.45) is 5.92 Å². The van der Waals surface area contributed by atoms with E-state index in [1.165, 1.54) is 0 Å². The van der Waals surface area contributed by atoms with Gasteiger partial charge in [-0.1, -0.05) is 13.3 Å². The Hall–Kier alpha value is -0.610. The number of likely N-dealkylation sites (tertiary alicyclic amines) is 1. The molecule has 16 heavy (non-hydrogen) atoms. The summed E-state index contributed by atoms with van der Waals surface area (Å²) in [5.41, 5.74) is 0. The highest BCUT2D eigenvalue weighted by atomic mass is 16.3. The lowest BCUT2D eigenvalue weighted by atomic mass is 10.1. The standard InChI is InChI=1S/C12H24N2O2/c1-4-5-11(13(2)3)12(16)14-7-6-10(8-14)9-15/h10-11,15H,4-9H2,1-3H3. The van der Waals surface area contributed by atoms with Gasteiger partial charge in [-0.2, -0.15) is 0 Å². The van der Waals surface area contributed by atoms with Gasteiger partial charge < -0.3 is 10.0 Å². The molecule has 0 aliphatic carbocycles. The van der Waals surface area contributed by atoms with E-state index in [0.29, 0.717) is 0 Å². The van der Waals surface area contributed by atoms with E-state index in [-0.39, 0.29) is 24.5 Å². The Balaban J connectivity index is 2.54. The Labute approximate surface area is 98.2 Å². The highest BCUT2D eigenvalue weighted by Gasteiger charge is 2.30. The van der Waals surface area contributed by atoms with E-state index in [9.17, 15) is 4.79 Å². The van der Waals surface area contributed by atoms with Gasteiger partial charge in [-0.3, -0.25) is 9.69 Å². The molecule has 1 aliphatic heterocycles. The van der Waals surface area contributed by atoms with E-state index >= 15 is 0 Å². The number of aliphatic hydroxyl groups is 1. The third-order valence-electron chi connectivity index (χ3n) is 3.33. The molecule has 1 rings (SSSR count). The second-order valence-corrected chi connectivity index (χ2v) is 4.89. The van der Waals surface area contributed by atoms with E-state index in [1.54, 1.807) is 0 Å². The number of likely N-dealkylation sites (N-methyl/N-ethyl adjacent to an activating group) is 1. The molecule has 4 nitrogen and oxygen atoms in total. The van der Waals surface area contributed by atoms with Crippen LogP contribution in [0.4, 0.5) is 0 Å². The average molecular weight is 228 g/mol. The summed E-state index contributed by atoms with van der Waals surface area (Å²) in [5.74, 6) is 0.510. The first kappa shape index (κ1) is 13.5. The molecule has 2 unspecified atom stereocenters. The Morgan fingerprint density at radius 3 is 2.69 bits per heavy atom. The fraction of sp³-hybridized carbons (Fsp3) is 0.917. The van der Waals surface area contributed by atoms with E-state index in [1.807, 2.05) is 23.9 Å². The van der Waals surface area contributed by atoms with Gasteiger partial charge in [-0.25, -0.2) is 0 Å². The second kappa shape index (κ2) is 6.21. The second-order valence-electron chi connectivity index (χ2n) is 4.89.